The summed E-state index contributed by atoms with van der Waals surface area (Å²) in [4.78, 5) is 12.4. The number of ether oxygens (including phenoxy) is 2. The lowest BCUT2D eigenvalue weighted by Crippen LogP contribution is -2.12. The van der Waals surface area contributed by atoms with Crippen LogP contribution in [0.4, 0.5) is 0 Å². The average molecular weight is 363 g/mol. The number of esters is 1. The molecule has 3 nitrogen and oxygen atoms in total. The molecule has 0 saturated heterocycles. The van der Waals surface area contributed by atoms with E-state index in [1.165, 1.54) is 30.4 Å². The lowest BCUT2D eigenvalue weighted by molar-refractivity contribution is 0.0312. The first-order chi connectivity index (χ1) is 12.7. The second-order valence-corrected chi connectivity index (χ2v) is 7.05. The molecule has 26 heavy (non-hydrogen) atoms. The van der Waals surface area contributed by atoms with Gasteiger partial charge in [0.2, 0.25) is 0 Å². The van der Waals surface area contributed by atoms with Gasteiger partial charge in [-0.2, -0.15) is 0 Å². The van der Waals surface area contributed by atoms with Crippen LogP contribution in [0.1, 0.15) is 93.6 Å². The van der Waals surface area contributed by atoms with E-state index >= 15 is 0 Å². The van der Waals surface area contributed by atoms with Gasteiger partial charge in [0.05, 0.1) is 12.2 Å². The molecule has 1 rings (SSSR count). The molecule has 0 saturated carbocycles. The van der Waals surface area contributed by atoms with Gasteiger partial charge in [0.1, 0.15) is 6.61 Å². The van der Waals surface area contributed by atoms with Gasteiger partial charge in [0.25, 0.3) is 0 Å². The summed E-state index contributed by atoms with van der Waals surface area (Å²) in [5.41, 5.74) is 3.19. The molecule has 0 atom stereocenters. The van der Waals surface area contributed by atoms with Crippen LogP contribution in [0.2, 0.25) is 0 Å². The van der Waals surface area contributed by atoms with Crippen molar-refractivity contribution in [2.24, 2.45) is 0 Å². The van der Waals surface area contributed by atoms with Gasteiger partial charge in [0.15, 0.2) is 0 Å². The number of hydrogen-bond acceptors (Lipinski definition) is 3. The second kappa shape index (κ2) is 14.8. The summed E-state index contributed by atoms with van der Waals surface area (Å²) in [6.07, 6.45) is 11.5. The lowest BCUT2D eigenvalue weighted by Gasteiger charge is -2.10. The SMILES string of the molecule is CCCCCCOCCOC(=O)c1cc(CCCC)cc(CCCC)c1. The van der Waals surface area contributed by atoms with Crippen LogP contribution in [-0.2, 0) is 22.3 Å². The van der Waals surface area contributed by atoms with Crippen molar-refractivity contribution in [1.29, 1.82) is 0 Å². The Bertz CT molecular complexity index is 470. The zero-order chi connectivity index (χ0) is 19.0. The standard InChI is InChI=1S/C23H38O3/c1-4-7-10-11-14-25-15-16-26-23(24)22-18-20(12-8-5-2)17-21(19-22)13-9-6-3/h17-19H,4-16H2,1-3H3. The minimum atomic E-state index is -0.226. The summed E-state index contributed by atoms with van der Waals surface area (Å²) >= 11 is 0. The number of carbonyl (C=O) groups excluding carboxylic acids is 1. The van der Waals surface area contributed by atoms with Gasteiger partial charge in [-0.3, -0.25) is 0 Å². The first-order valence-corrected chi connectivity index (χ1v) is 10.6. The van der Waals surface area contributed by atoms with Gasteiger partial charge in [0, 0.05) is 6.61 Å². The van der Waals surface area contributed by atoms with Crippen LogP contribution in [0.25, 0.3) is 0 Å². The van der Waals surface area contributed by atoms with E-state index in [1.807, 2.05) is 12.1 Å². The van der Waals surface area contributed by atoms with Crippen LogP contribution in [-0.4, -0.2) is 25.8 Å². The topological polar surface area (TPSA) is 35.5 Å². The summed E-state index contributed by atoms with van der Waals surface area (Å²) in [6.45, 7) is 8.15. The Morgan fingerprint density at radius 3 is 1.92 bits per heavy atom. The van der Waals surface area contributed by atoms with Gasteiger partial charge >= 0.3 is 5.97 Å². The van der Waals surface area contributed by atoms with Gasteiger partial charge in [-0.05, 0) is 55.4 Å². The molecule has 0 heterocycles. The molecule has 0 unspecified atom stereocenters. The Morgan fingerprint density at radius 2 is 1.35 bits per heavy atom. The summed E-state index contributed by atoms with van der Waals surface area (Å²) in [5, 5.41) is 0. The normalized spacial score (nSPS) is 10.9. The summed E-state index contributed by atoms with van der Waals surface area (Å²) in [7, 11) is 0. The van der Waals surface area contributed by atoms with Crippen molar-refractivity contribution < 1.29 is 14.3 Å². The van der Waals surface area contributed by atoms with Crippen molar-refractivity contribution in [2.45, 2.75) is 85.0 Å². The van der Waals surface area contributed by atoms with Crippen molar-refractivity contribution >= 4 is 5.97 Å². The van der Waals surface area contributed by atoms with Crippen LogP contribution >= 0.6 is 0 Å². The van der Waals surface area contributed by atoms with E-state index in [2.05, 4.69) is 26.8 Å². The van der Waals surface area contributed by atoms with Crippen LogP contribution in [0.3, 0.4) is 0 Å². The van der Waals surface area contributed by atoms with E-state index in [1.54, 1.807) is 0 Å². The molecule has 1 aromatic rings. The maximum atomic E-state index is 12.4. The van der Waals surface area contributed by atoms with Gasteiger partial charge in [-0.1, -0.05) is 58.9 Å². The third-order valence-electron chi connectivity index (χ3n) is 4.53. The minimum Gasteiger partial charge on any atom is -0.460 e. The van der Waals surface area contributed by atoms with E-state index in [4.69, 9.17) is 9.47 Å². The molecule has 0 aliphatic heterocycles. The van der Waals surface area contributed by atoms with Crippen molar-refractivity contribution in [3.8, 4) is 0 Å². The quantitative estimate of drug-likeness (QED) is 0.278. The Morgan fingerprint density at radius 1 is 0.731 bits per heavy atom. The highest BCUT2D eigenvalue weighted by molar-refractivity contribution is 5.89. The molecule has 0 spiro atoms. The Labute approximate surface area is 160 Å². The number of carbonyl (C=O) groups is 1. The van der Waals surface area contributed by atoms with E-state index in [0.717, 1.165) is 51.6 Å². The van der Waals surface area contributed by atoms with E-state index in [0.29, 0.717) is 18.8 Å². The predicted octanol–water partition coefficient (Wildman–Crippen LogP) is 6.13. The number of unbranched alkanes of at least 4 members (excludes halogenated alkanes) is 5. The zero-order valence-electron chi connectivity index (χ0n) is 17.1. The van der Waals surface area contributed by atoms with Crippen molar-refractivity contribution in [3.63, 3.8) is 0 Å². The molecule has 0 aliphatic carbocycles. The fourth-order valence-electron chi connectivity index (χ4n) is 2.94. The molecule has 0 aromatic heterocycles. The van der Waals surface area contributed by atoms with Gasteiger partial charge < -0.3 is 9.47 Å². The van der Waals surface area contributed by atoms with E-state index in [-0.39, 0.29) is 5.97 Å². The predicted molar refractivity (Wildman–Crippen MR) is 109 cm³/mol. The Hall–Kier alpha value is -1.35. The van der Waals surface area contributed by atoms with Crippen LogP contribution in [0.5, 0.6) is 0 Å². The molecule has 3 heteroatoms. The molecule has 148 valence electrons. The fraction of sp³-hybridized carbons (Fsp3) is 0.696. The van der Waals surface area contributed by atoms with E-state index < -0.39 is 0 Å². The maximum Gasteiger partial charge on any atom is 0.338 e. The molecule has 0 radical (unpaired) electrons. The smallest absolute Gasteiger partial charge is 0.338 e. The zero-order valence-corrected chi connectivity index (χ0v) is 17.1. The first-order valence-electron chi connectivity index (χ1n) is 10.6. The average Bonchev–Trinajstić information content (AvgIpc) is 2.66. The number of benzene rings is 1. The molecule has 0 N–H and O–H groups in total. The monoisotopic (exact) mass is 362 g/mol. The van der Waals surface area contributed by atoms with E-state index in [9.17, 15) is 4.79 Å². The number of rotatable bonds is 15. The highest BCUT2D eigenvalue weighted by atomic mass is 16.6. The van der Waals surface area contributed by atoms with Crippen LogP contribution in [0, 0.1) is 0 Å². The molecule has 0 fully saturated rings. The largest absolute Gasteiger partial charge is 0.460 e. The highest BCUT2D eigenvalue weighted by Gasteiger charge is 2.10. The van der Waals surface area contributed by atoms with Gasteiger partial charge in [-0.25, -0.2) is 4.79 Å². The molecule has 1 aromatic carbocycles. The van der Waals surface area contributed by atoms with Crippen molar-refractivity contribution in [2.75, 3.05) is 19.8 Å². The van der Waals surface area contributed by atoms with Gasteiger partial charge in [-0.15, -0.1) is 0 Å². The van der Waals surface area contributed by atoms with Crippen LogP contribution < -0.4 is 0 Å². The maximum absolute atomic E-state index is 12.4. The molecular weight excluding hydrogens is 324 g/mol. The summed E-state index contributed by atoms with van der Waals surface area (Å²) < 4.78 is 11.0. The lowest BCUT2D eigenvalue weighted by atomic mass is 9.99. The Kier molecular flexibility index (Phi) is 12.9. The molecular formula is C23H38O3. The molecule has 0 aliphatic rings. The van der Waals surface area contributed by atoms with Crippen molar-refractivity contribution in [1.82, 2.24) is 0 Å². The first kappa shape index (κ1) is 22.7. The molecule has 0 bridgehead atoms. The van der Waals surface area contributed by atoms with Crippen molar-refractivity contribution in [3.05, 3.63) is 34.9 Å². The summed E-state index contributed by atoms with van der Waals surface area (Å²) in [5.74, 6) is -0.226. The fourth-order valence-corrected chi connectivity index (χ4v) is 2.94. The van der Waals surface area contributed by atoms with Crippen LogP contribution in [0.15, 0.2) is 18.2 Å². The third-order valence-corrected chi connectivity index (χ3v) is 4.53. The second-order valence-electron chi connectivity index (χ2n) is 7.05. The number of aryl methyl sites for hydroxylation is 2. The Balaban J connectivity index is 2.47. The highest BCUT2D eigenvalue weighted by Crippen LogP contribution is 2.16. The number of hydrogen-bond donors (Lipinski definition) is 0. The summed E-state index contributed by atoms with van der Waals surface area (Å²) in [6, 6.07) is 6.25. The minimum absolute atomic E-state index is 0.226. The third kappa shape index (κ3) is 9.96. The molecule has 0 amide bonds.